The van der Waals surface area contributed by atoms with E-state index in [4.69, 9.17) is 4.42 Å². The predicted molar refractivity (Wildman–Crippen MR) is 305 cm³/mol. The first-order valence-electron chi connectivity index (χ1n) is 26.6. The second-order valence-corrected chi connectivity index (χ2v) is 26.1. The van der Waals surface area contributed by atoms with E-state index in [9.17, 15) is 0 Å². The van der Waals surface area contributed by atoms with E-state index in [1.807, 2.05) is 0 Å². The Bertz CT molecular complexity index is 3460. The maximum atomic E-state index is 7.12. The van der Waals surface area contributed by atoms with Crippen molar-refractivity contribution in [2.45, 2.75) is 161 Å². The van der Waals surface area contributed by atoms with Crippen LogP contribution in [0.1, 0.15) is 161 Å². The SMILES string of the molecule is Cc1cc2c(cc1N1c3cc4c(cc3[B]c3c(-c5cc6c(cc5Nc5ccc(-c7ccccc7)cc5)C(C)(C)CCC6(C)C)cc5oc6ccccc6c5c31)C(C)(C)CCC4(C)C)C(C)(C)CCC2(C)C. The number of rotatable bonds is 5. The molecule has 0 atom stereocenters. The van der Waals surface area contributed by atoms with Gasteiger partial charge in [-0.25, -0.2) is 0 Å². The zero-order valence-electron chi connectivity index (χ0n) is 44.7. The minimum absolute atomic E-state index is 0.000385. The van der Waals surface area contributed by atoms with Crippen LogP contribution in [-0.2, 0) is 32.5 Å². The smallest absolute Gasteiger partial charge is 0.197 e. The van der Waals surface area contributed by atoms with Gasteiger partial charge in [0, 0.05) is 33.7 Å². The van der Waals surface area contributed by atoms with Crippen molar-refractivity contribution in [2.75, 3.05) is 10.2 Å². The molecule has 0 fully saturated rings. The van der Waals surface area contributed by atoms with E-state index in [-0.39, 0.29) is 32.5 Å². The lowest BCUT2D eigenvalue weighted by atomic mass is 9.54. The van der Waals surface area contributed by atoms with Crippen LogP contribution in [-0.4, -0.2) is 7.28 Å². The lowest BCUT2D eigenvalue weighted by molar-refractivity contribution is 0.331. The first-order chi connectivity index (χ1) is 33.5. The summed E-state index contributed by atoms with van der Waals surface area (Å²) in [4.78, 5) is 2.70. The summed E-state index contributed by atoms with van der Waals surface area (Å²) in [7, 11) is 2.56. The van der Waals surface area contributed by atoms with Gasteiger partial charge in [0.05, 0.1) is 11.1 Å². The van der Waals surface area contributed by atoms with Crippen LogP contribution in [0.5, 0.6) is 0 Å². The van der Waals surface area contributed by atoms with Gasteiger partial charge in [0.2, 0.25) is 0 Å². The number of benzene rings is 7. The van der Waals surface area contributed by atoms with Crippen LogP contribution < -0.4 is 21.1 Å². The Hall–Kier alpha value is -6.00. The van der Waals surface area contributed by atoms with E-state index in [0.717, 1.165) is 60.0 Å². The molecule has 71 heavy (non-hydrogen) atoms. The average molecular weight is 932 g/mol. The van der Waals surface area contributed by atoms with Crippen LogP contribution in [0.15, 0.2) is 126 Å². The highest BCUT2D eigenvalue weighted by Crippen LogP contribution is 2.55. The summed E-state index contributed by atoms with van der Waals surface area (Å²) in [6.45, 7) is 31.9. The van der Waals surface area contributed by atoms with Crippen molar-refractivity contribution in [1.29, 1.82) is 0 Å². The zero-order valence-corrected chi connectivity index (χ0v) is 44.7. The van der Waals surface area contributed by atoms with Gasteiger partial charge in [0.1, 0.15) is 11.2 Å². The molecule has 0 bridgehead atoms. The van der Waals surface area contributed by atoms with Crippen LogP contribution in [0.3, 0.4) is 0 Å². The summed E-state index contributed by atoms with van der Waals surface area (Å²) in [5.41, 5.74) is 25.4. The second-order valence-electron chi connectivity index (χ2n) is 26.1. The Kier molecular flexibility index (Phi) is 10.1. The summed E-state index contributed by atoms with van der Waals surface area (Å²) < 4.78 is 7.12. The van der Waals surface area contributed by atoms with Crippen LogP contribution in [0.2, 0.25) is 0 Å². The number of nitrogens with zero attached hydrogens (tertiary/aromatic N) is 1. The lowest BCUT2D eigenvalue weighted by Gasteiger charge is -2.46. The van der Waals surface area contributed by atoms with E-state index in [2.05, 4.69) is 229 Å². The standard InChI is InChI=1S/C67H72BN2O/c1-40-33-47-51(66(10,11)31-27-62(47,2)3)38-55(40)70-56-39-52-49(64(6,7)29-32-67(52,12)13)36-53(56)68-60-46(35-58-59(61(60)70)44-21-17-18-22-57(44)71-58)45-34-48-50(65(8,9)30-28-63(48,4)5)37-54(45)69-43-25-23-42(24-26-43)41-19-15-14-16-20-41/h14-26,33-39,69H,27-32H2,1-13H3. The summed E-state index contributed by atoms with van der Waals surface area (Å²) in [5.74, 6) is 0. The molecule has 8 aromatic rings. The molecule has 7 aromatic carbocycles. The van der Waals surface area contributed by atoms with Crippen molar-refractivity contribution >= 4 is 68.6 Å². The molecule has 3 nitrogen and oxygen atoms in total. The Balaban J connectivity index is 1.18. The molecule has 2 heterocycles. The van der Waals surface area contributed by atoms with Crippen molar-refractivity contribution in [3.05, 3.63) is 160 Å². The van der Waals surface area contributed by atoms with Gasteiger partial charge in [-0.3, -0.25) is 0 Å². The highest BCUT2D eigenvalue weighted by Gasteiger charge is 2.44. The topological polar surface area (TPSA) is 28.4 Å². The van der Waals surface area contributed by atoms with Gasteiger partial charge in [0.15, 0.2) is 7.28 Å². The molecule has 359 valence electrons. The van der Waals surface area contributed by atoms with Gasteiger partial charge >= 0.3 is 0 Å². The van der Waals surface area contributed by atoms with Gasteiger partial charge in [-0.1, -0.05) is 161 Å². The maximum Gasteiger partial charge on any atom is 0.197 e. The number of furan rings is 1. The minimum Gasteiger partial charge on any atom is -0.456 e. The van der Waals surface area contributed by atoms with Gasteiger partial charge in [-0.2, -0.15) is 0 Å². The van der Waals surface area contributed by atoms with Crippen LogP contribution in [0.25, 0.3) is 44.2 Å². The third kappa shape index (κ3) is 7.27. The lowest BCUT2D eigenvalue weighted by Crippen LogP contribution is -2.44. The Morgan fingerprint density at radius 3 is 1.56 bits per heavy atom. The molecule has 0 unspecified atom stereocenters. The van der Waals surface area contributed by atoms with Gasteiger partial charge in [0.25, 0.3) is 0 Å². The Labute approximate surface area is 424 Å². The van der Waals surface area contributed by atoms with E-state index in [0.29, 0.717) is 0 Å². The molecule has 3 aliphatic carbocycles. The molecular formula is C67H72BN2O. The Morgan fingerprint density at radius 2 is 0.958 bits per heavy atom. The fraction of sp³-hybridized carbons (Fsp3) is 0.373. The van der Waals surface area contributed by atoms with Crippen molar-refractivity contribution < 1.29 is 4.42 Å². The highest BCUT2D eigenvalue weighted by atomic mass is 16.3. The highest BCUT2D eigenvalue weighted by molar-refractivity contribution is 6.74. The molecule has 4 heteroatoms. The van der Waals surface area contributed by atoms with Crippen LogP contribution in [0, 0.1) is 6.92 Å². The third-order valence-corrected chi connectivity index (χ3v) is 18.4. The van der Waals surface area contributed by atoms with Crippen LogP contribution >= 0.6 is 0 Å². The third-order valence-electron chi connectivity index (χ3n) is 18.4. The summed E-state index contributed by atoms with van der Waals surface area (Å²) >= 11 is 0. The van der Waals surface area contributed by atoms with Crippen LogP contribution in [0.4, 0.5) is 28.4 Å². The first-order valence-corrected chi connectivity index (χ1v) is 26.6. The number of hydrogen-bond acceptors (Lipinski definition) is 3. The second kappa shape index (κ2) is 15.5. The monoisotopic (exact) mass is 932 g/mol. The number of para-hydroxylation sites is 1. The van der Waals surface area contributed by atoms with E-state index >= 15 is 0 Å². The van der Waals surface area contributed by atoms with E-state index in [1.165, 1.54) is 101 Å². The average Bonchev–Trinajstić information content (AvgIpc) is 3.71. The quantitative estimate of drug-likeness (QED) is 0.174. The molecule has 0 saturated heterocycles. The normalized spacial score (nSPS) is 19.5. The Morgan fingerprint density at radius 1 is 0.465 bits per heavy atom. The van der Waals surface area contributed by atoms with Gasteiger partial charge in [-0.05, 0) is 188 Å². The predicted octanol–water partition coefficient (Wildman–Crippen LogP) is 17.5. The molecule has 0 spiro atoms. The molecule has 0 amide bonds. The summed E-state index contributed by atoms with van der Waals surface area (Å²) in [6.07, 6.45) is 6.93. The van der Waals surface area contributed by atoms with Gasteiger partial charge < -0.3 is 14.6 Å². The molecule has 1 aliphatic heterocycles. The molecule has 1 radical (unpaired) electrons. The number of nitrogens with one attached hydrogen (secondary N) is 1. The molecule has 12 rings (SSSR count). The maximum absolute atomic E-state index is 7.12. The van der Waals surface area contributed by atoms with E-state index in [1.54, 1.807) is 0 Å². The molecule has 1 N–H and O–H groups in total. The fourth-order valence-corrected chi connectivity index (χ4v) is 13.4. The largest absolute Gasteiger partial charge is 0.456 e. The number of hydrogen-bond donors (Lipinski definition) is 1. The summed E-state index contributed by atoms with van der Waals surface area (Å²) in [5, 5.41) is 6.39. The fourth-order valence-electron chi connectivity index (χ4n) is 13.4. The minimum atomic E-state index is -0.000385. The molecule has 0 saturated carbocycles. The van der Waals surface area contributed by atoms with Crippen molar-refractivity contribution in [1.82, 2.24) is 0 Å². The number of anilines is 5. The van der Waals surface area contributed by atoms with Crippen molar-refractivity contribution in [2.24, 2.45) is 0 Å². The number of fused-ring (bicyclic) bond motifs is 9. The zero-order chi connectivity index (χ0) is 49.8. The van der Waals surface area contributed by atoms with Crippen molar-refractivity contribution in [3.8, 4) is 22.3 Å². The van der Waals surface area contributed by atoms with Gasteiger partial charge in [-0.15, -0.1) is 0 Å². The first kappa shape index (κ1) is 46.1. The summed E-state index contributed by atoms with van der Waals surface area (Å²) in [6, 6.07) is 46.2. The molecule has 1 aromatic heterocycles. The molecule has 4 aliphatic rings. The van der Waals surface area contributed by atoms with Crippen molar-refractivity contribution in [3.63, 3.8) is 0 Å². The number of aryl methyl sites for hydroxylation is 1. The van der Waals surface area contributed by atoms with E-state index < -0.39 is 0 Å². The molecular weight excluding hydrogens is 860 g/mol.